The number of allylic oxidation sites excluding steroid dienone is 1. The van der Waals surface area contributed by atoms with Crippen LogP contribution in [0.3, 0.4) is 0 Å². The summed E-state index contributed by atoms with van der Waals surface area (Å²) in [5.74, 6) is 2.62. The highest BCUT2D eigenvalue weighted by molar-refractivity contribution is 7.99. The van der Waals surface area contributed by atoms with Crippen molar-refractivity contribution in [1.82, 2.24) is 4.90 Å². The van der Waals surface area contributed by atoms with Gasteiger partial charge in [0.15, 0.2) is 0 Å². The molecule has 1 saturated heterocycles. The Morgan fingerprint density at radius 3 is 2.33 bits per heavy atom. The molecule has 0 bridgehead atoms. The molecule has 0 saturated carbocycles. The van der Waals surface area contributed by atoms with Gasteiger partial charge in [0.1, 0.15) is 0 Å². The van der Waals surface area contributed by atoms with E-state index in [0.717, 1.165) is 43.9 Å². The Morgan fingerprint density at radius 2 is 1.67 bits per heavy atom. The zero-order valence-corrected chi connectivity index (χ0v) is 12.3. The number of hydrogen-bond acceptors (Lipinski definition) is 2. The first kappa shape index (κ1) is 15.6. The average Bonchev–Trinajstić information content (AvgIpc) is 2.42. The van der Waals surface area contributed by atoms with Crippen LogP contribution in [0.15, 0.2) is 12.7 Å². The fraction of sp³-hybridized carbons (Fsp3) is 0.800. The molecule has 0 unspecified atom stereocenters. The molecule has 18 heavy (non-hydrogen) atoms. The van der Waals surface area contributed by atoms with Gasteiger partial charge in [-0.3, -0.25) is 4.79 Å². The maximum atomic E-state index is 11.9. The lowest BCUT2D eigenvalue weighted by Gasteiger charge is -2.26. The van der Waals surface area contributed by atoms with Crippen molar-refractivity contribution >= 4 is 17.7 Å². The highest BCUT2D eigenvalue weighted by Gasteiger charge is 2.15. The molecule has 1 aliphatic rings. The minimum absolute atomic E-state index is 0.377. The Kier molecular flexibility index (Phi) is 9.09. The molecule has 0 aromatic carbocycles. The number of rotatable bonds is 9. The summed E-state index contributed by atoms with van der Waals surface area (Å²) >= 11 is 1.96. The van der Waals surface area contributed by atoms with Gasteiger partial charge < -0.3 is 4.90 Å². The monoisotopic (exact) mass is 269 g/mol. The highest BCUT2D eigenvalue weighted by atomic mass is 32.2. The number of hydrogen-bond donors (Lipinski definition) is 0. The van der Waals surface area contributed by atoms with Crippen LogP contribution in [0.1, 0.15) is 51.4 Å². The largest absolute Gasteiger partial charge is 0.341 e. The predicted molar refractivity (Wildman–Crippen MR) is 81.0 cm³/mol. The maximum Gasteiger partial charge on any atom is 0.222 e. The van der Waals surface area contributed by atoms with Gasteiger partial charge in [-0.1, -0.05) is 31.8 Å². The molecule has 1 amide bonds. The lowest BCUT2D eigenvalue weighted by Crippen LogP contribution is -2.37. The number of nitrogens with zero attached hydrogens (tertiary/aromatic N) is 1. The Labute approximate surface area is 116 Å². The van der Waals surface area contributed by atoms with Gasteiger partial charge in [0.05, 0.1) is 0 Å². The van der Waals surface area contributed by atoms with Crippen LogP contribution in [-0.2, 0) is 4.79 Å². The molecule has 0 aromatic rings. The van der Waals surface area contributed by atoms with E-state index in [9.17, 15) is 4.79 Å². The van der Waals surface area contributed by atoms with Crippen LogP contribution in [-0.4, -0.2) is 35.4 Å². The summed E-state index contributed by atoms with van der Waals surface area (Å²) in [6.07, 6.45) is 11.4. The van der Waals surface area contributed by atoms with Gasteiger partial charge in [-0.05, 0) is 19.3 Å². The molecule has 0 N–H and O–H groups in total. The fourth-order valence-electron chi connectivity index (χ4n) is 2.24. The molecule has 2 nitrogen and oxygen atoms in total. The van der Waals surface area contributed by atoms with E-state index in [0.29, 0.717) is 5.91 Å². The molecule has 0 aliphatic carbocycles. The van der Waals surface area contributed by atoms with E-state index in [1.807, 2.05) is 22.7 Å². The van der Waals surface area contributed by atoms with E-state index >= 15 is 0 Å². The summed E-state index contributed by atoms with van der Waals surface area (Å²) < 4.78 is 0. The van der Waals surface area contributed by atoms with Crippen LogP contribution in [0.4, 0.5) is 0 Å². The first-order valence-electron chi connectivity index (χ1n) is 7.31. The molecule has 0 spiro atoms. The topological polar surface area (TPSA) is 20.3 Å². The summed E-state index contributed by atoms with van der Waals surface area (Å²) in [6.45, 7) is 5.65. The highest BCUT2D eigenvalue weighted by Crippen LogP contribution is 2.13. The standard InChI is InChI=1S/C15H27NOS/c1-2-3-4-5-6-7-8-9-10-15(17)16-11-13-18-14-12-16/h2H,1,3-14H2. The lowest BCUT2D eigenvalue weighted by molar-refractivity contribution is -0.130. The Balaban J connectivity index is 1.90. The normalized spacial score (nSPS) is 15.7. The SMILES string of the molecule is C=CCCCCCCCCC(=O)N1CCSCC1. The third-order valence-corrected chi connectivity index (χ3v) is 4.36. The van der Waals surface area contributed by atoms with E-state index in [4.69, 9.17) is 0 Å². The van der Waals surface area contributed by atoms with Crippen LogP contribution < -0.4 is 0 Å². The second-order valence-electron chi connectivity index (χ2n) is 4.94. The molecule has 1 rings (SSSR count). The third kappa shape index (κ3) is 7.10. The van der Waals surface area contributed by atoms with Crippen molar-refractivity contribution < 1.29 is 4.79 Å². The van der Waals surface area contributed by atoms with Gasteiger partial charge in [-0.2, -0.15) is 11.8 Å². The van der Waals surface area contributed by atoms with E-state index in [2.05, 4.69) is 6.58 Å². The smallest absolute Gasteiger partial charge is 0.222 e. The van der Waals surface area contributed by atoms with Crippen LogP contribution in [0.5, 0.6) is 0 Å². The van der Waals surface area contributed by atoms with Crippen molar-refractivity contribution in [2.75, 3.05) is 24.6 Å². The van der Waals surface area contributed by atoms with Gasteiger partial charge in [0.2, 0.25) is 5.91 Å². The van der Waals surface area contributed by atoms with Gasteiger partial charge in [0.25, 0.3) is 0 Å². The minimum Gasteiger partial charge on any atom is -0.341 e. The molecule has 1 fully saturated rings. The number of unbranched alkanes of at least 4 members (excludes halogenated alkanes) is 6. The maximum absolute atomic E-state index is 11.9. The van der Waals surface area contributed by atoms with Crippen molar-refractivity contribution in [3.8, 4) is 0 Å². The van der Waals surface area contributed by atoms with Gasteiger partial charge in [0, 0.05) is 31.0 Å². The molecular formula is C15H27NOS. The summed E-state index contributed by atoms with van der Waals surface area (Å²) in [5, 5.41) is 0. The Bertz CT molecular complexity index is 237. The van der Waals surface area contributed by atoms with Crippen LogP contribution >= 0.6 is 11.8 Å². The van der Waals surface area contributed by atoms with E-state index < -0.39 is 0 Å². The van der Waals surface area contributed by atoms with Crippen molar-refractivity contribution in [2.45, 2.75) is 51.4 Å². The minimum atomic E-state index is 0.377. The number of carbonyl (C=O) groups excluding carboxylic acids is 1. The Hall–Kier alpha value is -0.440. The molecule has 0 atom stereocenters. The van der Waals surface area contributed by atoms with Crippen molar-refractivity contribution in [3.63, 3.8) is 0 Å². The molecule has 1 heterocycles. The quantitative estimate of drug-likeness (QED) is 0.468. The van der Waals surface area contributed by atoms with E-state index in [-0.39, 0.29) is 0 Å². The number of carbonyl (C=O) groups is 1. The molecule has 0 aromatic heterocycles. The molecule has 0 radical (unpaired) electrons. The first-order valence-corrected chi connectivity index (χ1v) is 8.46. The lowest BCUT2D eigenvalue weighted by atomic mass is 10.1. The van der Waals surface area contributed by atoms with Crippen LogP contribution in [0, 0.1) is 0 Å². The van der Waals surface area contributed by atoms with Gasteiger partial charge in [-0.15, -0.1) is 6.58 Å². The van der Waals surface area contributed by atoms with Crippen molar-refractivity contribution in [3.05, 3.63) is 12.7 Å². The zero-order valence-electron chi connectivity index (χ0n) is 11.5. The summed E-state index contributed by atoms with van der Waals surface area (Å²) in [6, 6.07) is 0. The summed E-state index contributed by atoms with van der Waals surface area (Å²) in [4.78, 5) is 13.9. The fourth-order valence-corrected chi connectivity index (χ4v) is 3.15. The van der Waals surface area contributed by atoms with Crippen LogP contribution in [0.2, 0.25) is 0 Å². The first-order chi connectivity index (χ1) is 8.84. The van der Waals surface area contributed by atoms with Gasteiger partial charge >= 0.3 is 0 Å². The number of amides is 1. The number of thioether (sulfide) groups is 1. The van der Waals surface area contributed by atoms with E-state index in [1.54, 1.807) is 0 Å². The van der Waals surface area contributed by atoms with Gasteiger partial charge in [-0.25, -0.2) is 0 Å². The summed E-state index contributed by atoms with van der Waals surface area (Å²) in [7, 11) is 0. The summed E-state index contributed by atoms with van der Waals surface area (Å²) in [5.41, 5.74) is 0. The average molecular weight is 269 g/mol. The van der Waals surface area contributed by atoms with Crippen molar-refractivity contribution in [1.29, 1.82) is 0 Å². The Morgan fingerprint density at radius 1 is 1.06 bits per heavy atom. The molecule has 3 heteroatoms. The van der Waals surface area contributed by atoms with Crippen LogP contribution in [0.25, 0.3) is 0 Å². The third-order valence-electron chi connectivity index (χ3n) is 3.41. The van der Waals surface area contributed by atoms with E-state index in [1.165, 1.54) is 32.1 Å². The van der Waals surface area contributed by atoms with Crippen molar-refractivity contribution in [2.24, 2.45) is 0 Å². The second kappa shape index (κ2) is 10.5. The second-order valence-corrected chi connectivity index (χ2v) is 6.17. The zero-order chi connectivity index (χ0) is 13.1. The molecular weight excluding hydrogens is 242 g/mol. The predicted octanol–water partition coefficient (Wildman–Crippen LogP) is 3.87. The molecule has 104 valence electrons. The molecule has 1 aliphatic heterocycles.